The van der Waals surface area contributed by atoms with E-state index in [2.05, 4.69) is 5.32 Å². The second kappa shape index (κ2) is 9.69. The number of carbonyl (C=O) groups excluding carboxylic acids is 1. The fourth-order valence-corrected chi connectivity index (χ4v) is 5.34. The molecule has 1 N–H and O–H groups in total. The lowest BCUT2D eigenvalue weighted by molar-refractivity contribution is -0.119. The van der Waals surface area contributed by atoms with Crippen molar-refractivity contribution in [2.75, 3.05) is 10.8 Å². The van der Waals surface area contributed by atoms with Gasteiger partial charge in [-0.1, -0.05) is 66.2 Å². The molecular formula is C28H28N2O3S. The summed E-state index contributed by atoms with van der Waals surface area (Å²) in [5.74, 6) is -0.371. The first kappa shape index (κ1) is 23.5. The summed E-state index contributed by atoms with van der Waals surface area (Å²) < 4.78 is 28.4. The molecule has 6 heteroatoms. The summed E-state index contributed by atoms with van der Waals surface area (Å²) in [6, 6.07) is 26.3. The number of hydrogen-bond donors (Lipinski definition) is 1. The topological polar surface area (TPSA) is 66.5 Å². The van der Waals surface area contributed by atoms with Gasteiger partial charge < -0.3 is 5.32 Å². The fraction of sp³-hybridized carbons (Fsp3) is 0.179. The van der Waals surface area contributed by atoms with Crippen LogP contribution in [0.3, 0.4) is 0 Å². The lowest BCUT2D eigenvalue weighted by Crippen LogP contribution is -2.41. The summed E-state index contributed by atoms with van der Waals surface area (Å²) in [6.45, 7) is 5.65. The molecule has 4 rings (SSSR count). The number of aryl methyl sites for hydroxylation is 3. The SMILES string of the molecule is Cc1ccc(S(=O)(=O)N(CC(=O)NCc2ccc3ccccc3c2)c2cc(C)ccc2C)cc1. The Morgan fingerprint density at radius 2 is 1.47 bits per heavy atom. The van der Waals surface area contributed by atoms with Crippen LogP contribution in [0.5, 0.6) is 0 Å². The maximum Gasteiger partial charge on any atom is 0.264 e. The second-order valence-electron chi connectivity index (χ2n) is 8.57. The van der Waals surface area contributed by atoms with Crippen LogP contribution in [0.15, 0.2) is 89.8 Å². The molecule has 34 heavy (non-hydrogen) atoms. The van der Waals surface area contributed by atoms with Gasteiger partial charge in [-0.25, -0.2) is 8.42 Å². The van der Waals surface area contributed by atoms with E-state index in [1.165, 1.54) is 4.31 Å². The zero-order chi connectivity index (χ0) is 24.3. The highest BCUT2D eigenvalue weighted by Crippen LogP contribution is 2.28. The summed E-state index contributed by atoms with van der Waals surface area (Å²) in [7, 11) is -3.94. The number of carbonyl (C=O) groups is 1. The van der Waals surface area contributed by atoms with Crippen LogP contribution in [0.25, 0.3) is 10.8 Å². The van der Waals surface area contributed by atoms with Gasteiger partial charge in [0, 0.05) is 6.54 Å². The van der Waals surface area contributed by atoms with Crippen LogP contribution in [0.2, 0.25) is 0 Å². The average Bonchev–Trinajstić information content (AvgIpc) is 2.83. The molecule has 0 fully saturated rings. The van der Waals surface area contributed by atoms with Crippen molar-refractivity contribution in [1.29, 1.82) is 0 Å². The molecule has 0 spiro atoms. The number of amides is 1. The van der Waals surface area contributed by atoms with Crippen molar-refractivity contribution in [2.24, 2.45) is 0 Å². The summed E-state index contributed by atoms with van der Waals surface area (Å²) in [4.78, 5) is 13.1. The molecule has 0 saturated heterocycles. The van der Waals surface area contributed by atoms with E-state index in [1.807, 2.05) is 75.4 Å². The quantitative estimate of drug-likeness (QED) is 0.398. The second-order valence-corrected chi connectivity index (χ2v) is 10.4. The Balaban J connectivity index is 1.60. The first-order chi connectivity index (χ1) is 16.2. The normalized spacial score (nSPS) is 11.4. The summed E-state index contributed by atoms with van der Waals surface area (Å²) in [5, 5.41) is 5.10. The number of fused-ring (bicyclic) bond motifs is 1. The molecule has 0 radical (unpaired) electrons. The number of benzene rings is 4. The van der Waals surface area contributed by atoms with Gasteiger partial charge in [0.25, 0.3) is 10.0 Å². The zero-order valence-electron chi connectivity index (χ0n) is 19.6. The number of anilines is 1. The predicted molar refractivity (Wildman–Crippen MR) is 137 cm³/mol. The van der Waals surface area contributed by atoms with Crippen molar-refractivity contribution in [2.45, 2.75) is 32.2 Å². The van der Waals surface area contributed by atoms with Crippen molar-refractivity contribution in [3.63, 3.8) is 0 Å². The minimum Gasteiger partial charge on any atom is -0.350 e. The van der Waals surface area contributed by atoms with Crippen LogP contribution < -0.4 is 9.62 Å². The monoisotopic (exact) mass is 472 g/mol. The standard InChI is InChI=1S/C28H28N2O3S/c1-20-9-14-26(15-10-20)34(32,33)30(27-16-21(2)8-11-22(27)3)19-28(31)29-18-23-12-13-24-6-4-5-7-25(24)17-23/h4-17H,18-19H2,1-3H3,(H,29,31). The molecule has 0 aliphatic heterocycles. The van der Waals surface area contributed by atoms with Gasteiger partial charge in [0.05, 0.1) is 10.6 Å². The van der Waals surface area contributed by atoms with Crippen LogP contribution in [-0.2, 0) is 21.4 Å². The predicted octanol–water partition coefficient (Wildman–Crippen LogP) is 5.28. The molecule has 1 amide bonds. The molecule has 0 aliphatic carbocycles. The molecule has 0 saturated carbocycles. The average molecular weight is 473 g/mol. The van der Waals surface area contributed by atoms with Gasteiger partial charge in [0.1, 0.15) is 6.54 Å². The maximum atomic E-state index is 13.6. The van der Waals surface area contributed by atoms with Crippen LogP contribution in [0.4, 0.5) is 5.69 Å². The van der Waals surface area contributed by atoms with E-state index >= 15 is 0 Å². The summed E-state index contributed by atoms with van der Waals surface area (Å²) >= 11 is 0. The third kappa shape index (κ3) is 5.13. The Labute approximate surface area is 201 Å². The van der Waals surface area contributed by atoms with E-state index < -0.39 is 10.0 Å². The van der Waals surface area contributed by atoms with Crippen LogP contribution in [0, 0.1) is 20.8 Å². The minimum atomic E-state index is -3.94. The van der Waals surface area contributed by atoms with Gasteiger partial charge in [0.15, 0.2) is 0 Å². The van der Waals surface area contributed by atoms with Gasteiger partial charge in [0.2, 0.25) is 5.91 Å². The fourth-order valence-electron chi connectivity index (χ4n) is 3.86. The number of sulfonamides is 1. The lowest BCUT2D eigenvalue weighted by atomic mass is 10.1. The van der Waals surface area contributed by atoms with Crippen molar-refractivity contribution in [3.05, 3.63) is 107 Å². The molecule has 0 bridgehead atoms. The van der Waals surface area contributed by atoms with E-state index in [0.29, 0.717) is 12.2 Å². The Morgan fingerprint density at radius 1 is 0.794 bits per heavy atom. The molecule has 174 valence electrons. The minimum absolute atomic E-state index is 0.154. The van der Waals surface area contributed by atoms with E-state index in [9.17, 15) is 13.2 Å². The van der Waals surface area contributed by atoms with E-state index in [-0.39, 0.29) is 17.3 Å². The number of nitrogens with zero attached hydrogens (tertiary/aromatic N) is 1. The van der Waals surface area contributed by atoms with Crippen LogP contribution >= 0.6 is 0 Å². The van der Waals surface area contributed by atoms with E-state index in [1.54, 1.807) is 30.3 Å². The molecule has 4 aromatic rings. The summed E-state index contributed by atoms with van der Waals surface area (Å²) in [5.41, 5.74) is 4.11. The maximum absolute atomic E-state index is 13.6. The van der Waals surface area contributed by atoms with E-state index in [4.69, 9.17) is 0 Å². The highest BCUT2D eigenvalue weighted by atomic mass is 32.2. The van der Waals surface area contributed by atoms with Crippen molar-refractivity contribution >= 4 is 32.4 Å². The molecule has 5 nitrogen and oxygen atoms in total. The Morgan fingerprint density at radius 3 is 2.21 bits per heavy atom. The number of hydrogen-bond acceptors (Lipinski definition) is 3. The van der Waals surface area contributed by atoms with Gasteiger partial charge in [-0.05, 0) is 72.5 Å². The largest absolute Gasteiger partial charge is 0.350 e. The van der Waals surface area contributed by atoms with Gasteiger partial charge in [-0.2, -0.15) is 0 Å². The van der Waals surface area contributed by atoms with Gasteiger partial charge >= 0.3 is 0 Å². The molecule has 0 heterocycles. The number of rotatable bonds is 7. The molecule has 4 aromatic carbocycles. The third-order valence-corrected chi connectivity index (χ3v) is 7.61. The van der Waals surface area contributed by atoms with Crippen LogP contribution in [0.1, 0.15) is 22.3 Å². The molecule has 0 aromatic heterocycles. The first-order valence-corrected chi connectivity index (χ1v) is 12.6. The lowest BCUT2D eigenvalue weighted by Gasteiger charge is -2.26. The molecule has 0 aliphatic rings. The van der Waals surface area contributed by atoms with Crippen molar-refractivity contribution in [3.8, 4) is 0 Å². The smallest absolute Gasteiger partial charge is 0.264 e. The Kier molecular flexibility index (Phi) is 6.70. The Bertz CT molecular complexity index is 1440. The first-order valence-electron chi connectivity index (χ1n) is 11.1. The molecule has 0 unspecified atom stereocenters. The van der Waals surface area contributed by atoms with Gasteiger partial charge in [-0.3, -0.25) is 9.10 Å². The highest BCUT2D eigenvalue weighted by Gasteiger charge is 2.28. The molecule has 0 atom stereocenters. The van der Waals surface area contributed by atoms with Crippen LogP contribution in [-0.4, -0.2) is 20.9 Å². The third-order valence-electron chi connectivity index (χ3n) is 5.83. The van der Waals surface area contributed by atoms with Crippen molar-refractivity contribution in [1.82, 2.24) is 5.32 Å². The zero-order valence-corrected chi connectivity index (χ0v) is 20.4. The Hall–Kier alpha value is -3.64. The van der Waals surface area contributed by atoms with Gasteiger partial charge in [-0.15, -0.1) is 0 Å². The summed E-state index contributed by atoms with van der Waals surface area (Å²) in [6.07, 6.45) is 0. The number of nitrogens with one attached hydrogen (secondary N) is 1. The van der Waals surface area contributed by atoms with E-state index in [0.717, 1.165) is 33.0 Å². The highest BCUT2D eigenvalue weighted by molar-refractivity contribution is 7.92. The molecular weight excluding hydrogens is 444 g/mol. The van der Waals surface area contributed by atoms with Crippen molar-refractivity contribution < 1.29 is 13.2 Å².